The molecule has 27 heavy (non-hydrogen) atoms. The largest absolute Gasteiger partial charge is 0.356 e. The molecule has 142 valence electrons. The molecule has 1 aliphatic rings. The van der Waals surface area contributed by atoms with Crippen molar-refractivity contribution in [2.24, 2.45) is 5.92 Å². The first-order valence-corrected chi connectivity index (χ1v) is 11.3. The maximum atomic E-state index is 11.9. The molecule has 1 fully saturated rings. The first-order chi connectivity index (χ1) is 12.9. The lowest BCUT2D eigenvalue weighted by Crippen LogP contribution is -2.38. The average Bonchev–Trinajstić information content (AvgIpc) is 3.03. The van der Waals surface area contributed by atoms with Crippen LogP contribution in [0.1, 0.15) is 12.8 Å². The summed E-state index contributed by atoms with van der Waals surface area (Å²) in [5.41, 5.74) is 1.57. The molecule has 2 atom stereocenters. The minimum atomic E-state index is -2.48. The molecule has 7 nitrogen and oxygen atoms in total. The van der Waals surface area contributed by atoms with Crippen molar-refractivity contribution in [3.05, 3.63) is 41.8 Å². The van der Waals surface area contributed by atoms with Crippen LogP contribution in [0.5, 0.6) is 0 Å². The first kappa shape index (κ1) is 18.2. The second-order valence-corrected chi connectivity index (χ2v) is 9.86. The number of rotatable bonds is 4. The molecule has 1 aliphatic heterocycles. The van der Waals surface area contributed by atoms with Crippen LogP contribution in [0.4, 0.5) is 5.82 Å². The Balaban J connectivity index is 1.63. The number of nitrogens with zero attached hydrogens (tertiary/aromatic N) is 5. The summed E-state index contributed by atoms with van der Waals surface area (Å²) in [6.45, 7) is 1.66. The SMILES string of the molecule is CS(=N)(=O)CC1CCCN(c2ccnc(-c3cnc4ccc(Cl)cn34)n2)C1. The molecule has 4 rings (SSSR count). The number of anilines is 1. The molecule has 0 aromatic carbocycles. The quantitative estimate of drug-likeness (QED) is 0.720. The van der Waals surface area contributed by atoms with Crippen molar-refractivity contribution in [2.75, 3.05) is 30.0 Å². The molecule has 0 amide bonds. The van der Waals surface area contributed by atoms with Crippen molar-refractivity contribution in [2.45, 2.75) is 12.8 Å². The number of piperidine rings is 1. The zero-order valence-electron chi connectivity index (χ0n) is 15.0. The second-order valence-electron chi connectivity index (χ2n) is 7.08. The first-order valence-electron chi connectivity index (χ1n) is 8.81. The van der Waals surface area contributed by atoms with Crippen LogP contribution >= 0.6 is 11.6 Å². The molecule has 2 unspecified atom stereocenters. The van der Waals surface area contributed by atoms with Gasteiger partial charge in [0.05, 0.1) is 11.2 Å². The van der Waals surface area contributed by atoms with E-state index in [1.54, 1.807) is 24.7 Å². The smallest absolute Gasteiger partial charge is 0.180 e. The Morgan fingerprint density at radius 1 is 1.33 bits per heavy atom. The lowest BCUT2D eigenvalue weighted by molar-refractivity contribution is 0.446. The van der Waals surface area contributed by atoms with Gasteiger partial charge in [-0.05, 0) is 37.0 Å². The molecule has 3 aromatic rings. The standard InChI is InChI=1S/C18H21ClN6OS/c1-27(20,26)12-13-3-2-8-24(10-13)17-6-7-21-18(23-17)15-9-22-16-5-4-14(19)11-25(15)16/h4-7,9,11,13,20H,2-3,8,10,12H2,1H3. The lowest BCUT2D eigenvalue weighted by atomic mass is 10.0. The summed E-state index contributed by atoms with van der Waals surface area (Å²) in [6.07, 6.45) is 8.83. The van der Waals surface area contributed by atoms with Gasteiger partial charge in [0.2, 0.25) is 0 Å². The number of hydrogen-bond donors (Lipinski definition) is 1. The molecule has 1 N–H and O–H groups in total. The van der Waals surface area contributed by atoms with Gasteiger partial charge < -0.3 is 4.90 Å². The summed E-state index contributed by atoms with van der Waals surface area (Å²) >= 11 is 6.12. The fraction of sp³-hybridized carbons (Fsp3) is 0.389. The van der Waals surface area contributed by atoms with Crippen LogP contribution < -0.4 is 4.90 Å². The van der Waals surface area contributed by atoms with Gasteiger partial charge in [0, 0.05) is 47.2 Å². The molecule has 9 heteroatoms. The number of fused-ring (bicyclic) bond motifs is 1. The second kappa shape index (κ2) is 7.09. The van der Waals surface area contributed by atoms with Gasteiger partial charge in [0.1, 0.15) is 17.2 Å². The summed E-state index contributed by atoms with van der Waals surface area (Å²) in [5.74, 6) is 2.12. The van der Waals surface area contributed by atoms with Crippen molar-refractivity contribution >= 4 is 32.8 Å². The van der Waals surface area contributed by atoms with Gasteiger partial charge in [-0.2, -0.15) is 0 Å². The summed E-state index contributed by atoms with van der Waals surface area (Å²) < 4.78 is 21.5. The van der Waals surface area contributed by atoms with Crippen LogP contribution in [0.2, 0.25) is 5.02 Å². The van der Waals surface area contributed by atoms with E-state index >= 15 is 0 Å². The Hall–Kier alpha value is -2.19. The summed E-state index contributed by atoms with van der Waals surface area (Å²) in [7, 11) is -2.48. The molecule has 1 saturated heterocycles. The minimum Gasteiger partial charge on any atom is -0.356 e. The van der Waals surface area contributed by atoms with E-state index in [1.807, 2.05) is 16.5 Å². The monoisotopic (exact) mass is 404 g/mol. The van der Waals surface area contributed by atoms with E-state index in [9.17, 15) is 4.21 Å². The highest BCUT2D eigenvalue weighted by Crippen LogP contribution is 2.25. The number of halogens is 1. The lowest BCUT2D eigenvalue weighted by Gasteiger charge is -2.33. The molecular weight excluding hydrogens is 384 g/mol. The van der Waals surface area contributed by atoms with E-state index in [1.165, 1.54) is 6.26 Å². The van der Waals surface area contributed by atoms with Gasteiger partial charge in [0.15, 0.2) is 5.82 Å². The number of hydrogen-bond acceptors (Lipinski definition) is 6. The van der Waals surface area contributed by atoms with E-state index in [0.29, 0.717) is 16.6 Å². The minimum absolute atomic E-state index is 0.252. The van der Waals surface area contributed by atoms with Crippen molar-refractivity contribution in [3.63, 3.8) is 0 Å². The Morgan fingerprint density at radius 3 is 3.00 bits per heavy atom. The Labute approximate surface area is 163 Å². The topological polar surface area (TPSA) is 87.2 Å². The van der Waals surface area contributed by atoms with E-state index in [0.717, 1.165) is 43.1 Å². The van der Waals surface area contributed by atoms with Crippen molar-refractivity contribution in [1.29, 1.82) is 4.78 Å². The molecule has 0 radical (unpaired) electrons. The van der Waals surface area contributed by atoms with Gasteiger partial charge in [-0.25, -0.2) is 15.0 Å². The van der Waals surface area contributed by atoms with E-state index in [-0.39, 0.29) is 5.92 Å². The van der Waals surface area contributed by atoms with Gasteiger partial charge in [-0.3, -0.25) is 13.4 Å². The maximum absolute atomic E-state index is 11.9. The average molecular weight is 405 g/mol. The fourth-order valence-corrected chi connectivity index (χ4v) is 4.96. The number of pyridine rings is 1. The molecule has 3 aromatic heterocycles. The fourth-order valence-electron chi connectivity index (χ4n) is 3.63. The maximum Gasteiger partial charge on any atom is 0.180 e. The van der Waals surface area contributed by atoms with Crippen LogP contribution in [-0.4, -0.2) is 48.7 Å². The number of aromatic nitrogens is 4. The Kier molecular flexibility index (Phi) is 4.77. The number of nitrogens with one attached hydrogen (secondary N) is 1. The van der Waals surface area contributed by atoms with Crippen LogP contribution in [0.3, 0.4) is 0 Å². The van der Waals surface area contributed by atoms with Crippen LogP contribution in [0.25, 0.3) is 17.2 Å². The van der Waals surface area contributed by atoms with Crippen molar-refractivity contribution in [1.82, 2.24) is 19.4 Å². The molecule has 4 heterocycles. The predicted octanol–water partition coefficient (Wildman–Crippen LogP) is 3.34. The molecular formula is C18H21ClN6OS. The third kappa shape index (κ3) is 4.06. The zero-order valence-corrected chi connectivity index (χ0v) is 16.6. The van der Waals surface area contributed by atoms with Crippen molar-refractivity contribution in [3.8, 4) is 11.5 Å². The summed E-state index contributed by atoms with van der Waals surface area (Å²) in [5, 5.41) is 0.621. The van der Waals surface area contributed by atoms with Gasteiger partial charge in [0.25, 0.3) is 0 Å². The molecule has 0 saturated carbocycles. The van der Waals surface area contributed by atoms with E-state index < -0.39 is 9.73 Å². The van der Waals surface area contributed by atoms with Crippen LogP contribution in [0, 0.1) is 10.7 Å². The Bertz CT molecular complexity index is 1080. The number of imidazole rings is 1. The van der Waals surface area contributed by atoms with Gasteiger partial charge >= 0.3 is 0 Å². The van der Waals surface area contributed by atoms with Gasteiger partial charge in [-0.15, -0.1) is 0 Å². The summed E-state index contributed by atoms with van der Waals surface area (Å²) in [4.78, 5) is 15.7. The highest BCUT2D eigenvalue weighted by molar-refractivity contribution is 7.91. The third-order valence-corrected chi connectivity index (χ3v) is 6.07. The zero-order chi connectivity index (χ0) is 19.0. The highest BCUT2D eigenvalue weighted by atomic mass is 35.5. The molecule has 0 aliphatic carbocycles. The van der Waals surface area contributed by atoms with E-state index in [4.69, 9.17) is 21.4 Å². The summed E-state index contributed by atoms with van der Waals surface area (Å²) in [6, 6.07) is 5.55. The highest BCUT2D eigenvalue weighted by Gasteiger charge is 2.23. The van der Waals surface area contributed by atoms with Crippen LogP contribution in [0.15, 0.2) is 36.8 Å². The third-order valence-electron chi connectivity index (χ3n) is 4.74. The Morgan fingerprint density at radius 2 is 2.19 bits per heavy atom. The molecule has 0 spiro atoms. The van der Waals surface area contributed by atoms with Gasteiger partial charge in [-0.1, -0.05) is 11.6 Å². The van der Waals surface area contributed by atoms with Crippen LogP contribution in [-0.2, 0) is 9.73 Å². The normalized spacial score (nSPS) is 19.9. The molecule has 0 bridgehead atoms. The van der Waals surface area contributed by atoms with Crippen molar-refractivity contribution < 1.29 is 4.21 Å². The van der Waals surface area contributed by atoms with E-state index in [2.05, 4.69) is 14.9 Å². The predicted molar refractivity (Wildman–Crippen MR) is 108 cm³/mol.